The van der Waals surface area contributed by atoms with Gasteiger partial charge in [0.1, 0.15) is 0 Å². The molecule has 0 fully saturated rings. The van der Waals surface area contributed by atoms with E-state index in [1.54, 1.807) is 12.3 Å². The highest BCUT2D eigenvalue weighted by molar-refractivity contribution is 9.09. The summed E-state index contributed by atoms with van der Waals surface area (Å²) in [5.41, 5.74) is 2.01. The molecule has 0 saturated heterocycles. The van der Waals surface area contributed by atoms with E-state index in [-0.39, 0.29) is 4.83 Å². The Balaban J connectivity index is 2.16. The van der Waals surface area contributed by atoms with Gasteiger partial charge < -0.3 is 4.42 Å². The summed E-state index contributed by atoms with van der Waals surface area (Å²) >= 11 is 21.3. The fraction of sp³-hybridized carbons (Fsp3) is 0.167. The summed E-state index contributed by atoms with van der Waals surface area (Å²) in [6, 6.07) is 7.43. The zero-order valence-electron chi connectivity index (χ0n) is 8.59. The predicted octanol–water partition coefficient (Wildman–Crippen LogP) is 5.92. The lowest BCUT2D eigenvalue weighted by molar-refractivity contribution is 0.565. The molecule has 0 spiro atoms. The molecule has 0 radical (unpaired) electrons. The van der Waals surface area contributed by atoms with E-state index < -0.39 is 0 Å². The first kappa shape index (κ1) is 13.3. The van der Waals surface area contributed by atoms with Gasteiger partial charge in [-0.2, -0.15) is 0 Å². The third kappa shape index (κ3) is 3.19. The van der Waals surface area contributed by atoms with Crippen LogP contribution in [-0.4, -0.2) is 0 Å². The molecule has 2 rings (SSSR count). The molecule has 0 aliphatic carbocycles. The van der Waals surface area contributed by atoms with E-state index in [0.29, 0.717) is 15.3 Å². The second-order valence-electron chi connectivity index (χ2n) is 3.57. The van der Waals surface area contributed by atoms with Gasteiger partial charge in [0.05, 0.1) is 16.3 Å². The van der Waals surface area contributed by atoms with Crippen molar-refractivity contribution in [1.82, 2.24) is 0 Å². The van der Waals surface area contributed by atoms with Crippen molar-refractivity contribution in [1.29, 1.82) is 0 Å². The van der Waals surface area contributed by atoms with Crippen molar-refractivity contribution >= 4 is 50.7 Å². The van der Waals surface area contributed by atoms with Crippen molar-refractivity contribution in [3.8, 4) is 0 Å². The van der Waals surface area contributed by atoms with Gasteiger partial charge in [-0.25, -0.2) is 0 Å². The van der Waals surface area contributed by atoms with Gasteiger partial charge in [-0.05, 0) is 41.8 Å². The Morgan fingerprint density at radius 3 is 2.47 bits per heavy atom. The number of hydrogen-bond donors (Lipinski definition) is 0. The minimum absolute atomic E-state index is 0.0889. The summed E-state index contributed by atoms with van der Waals surface area (Å²) in [5.74, 6) is 0. The van der Waals surface area contributed by atoms with Crippen molar-refractivity contribution in [3.63, 3.8) is 0 Å². The lowest BCUT2D eigenvalue weighted by Gasteiger charge is -2.09. The molecule has 1 unspecified atom stereocenters. The quantitative estimate of drug-likeness (QED) is 0.624. The van der Waals surface area contributed by atoms with Gasteiger partial charge >= 0.3 is 0 Å². The van der Waals surface area contributed by atoms with Crippen LogP contribution in [0.3, 0.4) is 0 Å². The standard InChI is InChI=1S/C12H8BrCl3O/c13-9(8-3-4-17-12(8)16)5-7-1-2-10(14)11(15)6-7/h1-4,6,9H,5H2. The molecule has 0 amide bonds. The van der Waals surface area contributed by atoms with E-state index in [9.17, 15) is 0 Å². The number of halogens is 4. The number of hydrogen-bond acceptors (Lipinski definition) is 1. The van der Waals surface area contributed by atoms with E-state index in [1.807, 2.05) is 18.2 Å². The van der Waals surface area contributed by atoms with Gasteiger partial charge in [0.2, 0.25) is 0 Å². The summed E-state index contributed by atoms with van der Waals surface area (Å²) in [6.07, 6.45) is 2.33. The first-order valence-corrected chi connectivity index (χ1v) is 6.94. The van der Waals surface area contributed by atoms with E-state index in [0.717, 1.165) is 17.5 Å². The van der Waals surface area contributed by atoms with Gasteiger partial charge in [0.25, 0.3) is 0 Å². The zero-order valence-corrected chi connectivity index (χ0v) is 12.4. The Morgan fingerprint density at radius 2 is 1.88 bits per heavy atom. The fourth-order valence-electron chi connectivity index (χ4n) is 1.51. The first-order valence-electron chi connectivity index (χ1n) is 4.89. The Kier molecular flexibility index (Phi) is 4.42. The average Bonchev–Trinajstić information content (AvgIpc) is 2.70. The highest BCUT2D eigenvalue weighted by Crippen LogP contribution is 2.34. The molecule has 5 heteroatoms. The Hall–Kier alpha value is -0.150. The molecule has 2 aromatic rings. The molecule has 90 valence electrons. The van der Waals surface area contributed by atoms with Crippen LogP contribution in [0.5, 0.6) is 0 Å². The van der Waals surface area contributed by atoms with Crippen molar-refractivity contribution in [2.45, 2.75) is 11.2 Å². The summed E-state index contributed by atoms with van der Waals surface area (Å²) in [6.45, 7) is 0. The number of alkyl halides is 1. The highest BCUT2D eigenvalue weighted by Gasteiger charge is 2.14. The summed E-state index contributed by atoms with van der Waals surface area (Å²) < 4.78 is 5.05. The average molecular weight is 354 g/mol. The van der Waals surface area contributed by atoms with Crippen LogP contribution in [0.1, 0.15) is 16.0 Å². The predicted molar refractivity (Wildman–Crippen MR) is 75.6 cm³/mol. The molecule has 1 heterocycles. The maximum absolute atomic E-state index is 5.96. The lowest BCUT2D eigenvalue weighted by atomic mass is 10.1. The molecule has 1 aromatic heterocycles. The van der Waals surface area contributed by atoms with Gasteiger partial charge in [-0.1, -0.05) is 45.2 Å². The van der Waals surface area contributed by atoms with Crippen LogP contribution in [0.15, 0.2) is 34.9 Å². The lowest BCUT2D eigenvalue weighted by Crippen LogP contribution is -1.94. The maximum Gasteiger partial charge on any atom is 0.197 e. The minimum atomic E-state index is 0.0889. The summed E-state index contributed by atoms with van der Waals surface area (Å²) in [7, 11) is 0. The van der Waals surface area contributed by atoms with Crippen molar-refractivity contribution < 1.29 is 4.42 Å². The fourth-order valence-corrected chi connectivity index (χ4v) is 2.94. The molecular weight excluding hydrogens is 346 g/mol. The molecule has 1 nitrogen and oxygen atoms in total. The van der Waals surface area contributed by atoms with Crippen molar-refractivity contribution in [2.24, 2.45) is 0 Å². The molecule has 17 heavy (non-hydrogen) atoms. The maximum atomic E-state index is 5.96. The summed E-state index contributed by atoms with van der Waals surface area (Å²) in [5, 5.41) is 1.52. The first-order chi connectivity index (χ1) is 8.08. The molecule has 0 aliphatic rings. The molecule has 1 aromatic carbocycles. The molecule has 1 atom stereocenters. The number of furan rings is 1. The molecule has 0 saturated carbocycles. The van der Waals surface area contributed by atoms with Crippen molar-refractivity contribution in [3.05, 3.63) is 56.9 Å². The van der Waals surface area contributed by atoms with Crippen LogP contribution in [0, 0.1) is 0 Å². The second kappa shape index (κ2) is 5.66. The van der Waals surface area contributed by atoms with Gasteiger partial charge in [-0.15, -0.1) is 0 Å². The smallest absolute Gasteiger partial charge is 0.197 e. The van der Waals surface area contributed by atoms with Crippen LogP contribution in [0.4, 0.5) is 0 Å². The van der Waals surface area contributed by atoms with Gasteiger partial charge in [0, 0.05) is 10.4 Å². The molecular formula is C12H8BrCl3O. The highest BCUT2D eigenvalue weighted by atomic mass is 79.9. The Bertz CT molecular complexity index is 524. The number of rotatable bonds is 3. The van der Waals surface area contributed by atoms with E-state index in [2.05, 4.69) is 15.9 Å². The van der Waals surface area contributed by atoms with Crippen LogP contribution < -0.4 is 0 Å². The van der Waals surface area contributed by atoms with Crippen LogP contribution in [-0.2, 0) is 6.42 Å². The van der Waals surface area contributed by atoms with E-state index in [1.165, 1.54) is 0 Å². The minimum Gasteiger partial charge on any atom is -0.453 e. The second-order valence-corrected chi connectivity index (χ2v) is 5.83. The third-order valence-corrected chi connectivity index (χ3v) is 4.25. The van der Waals surface area contributed by atoms with Crippen LogP contribution in [0.2, 0.25) is 15.3 Å². The molecule has 0 bridgehead atoms. The molecule has 0 N–H and O–H groups in total. The Morgan fingerprint density at radius 1 is 1.12 bits per heavy atom. The van der Waals surface area contributed by atoms with Gasteiger partial charge in [-0.3, -0.25) is 0 Å². The normalized spacial score (nSPS) is 12.7. The summed E-state index contributed by atoms with van der Waals surface area (Å²) in [4.78, 5) is 0.0889. The van der Waals surface area contributed by atoms with Crippen LogP contribution >= 0.6 is 50.7 Å². The number of benzene rings is 1. The third-order valence-electron chi connectivity index (χ3n) is 2.38. The van der Waals surface area contributed by atoms with Crippen LogP contribution in [0.25, 0.3) is 0 Å². The largest absolute Gasteiger partial charge is 0.453 e. The zero-order chi connectivity index (χ0) is 12.4. The van der Waals surface area contributed by atoms with Gasteiger partial charge in [0.15, 0.2) is 5.22 Å². The topological polar surface area (TPSA) is 13.1 Å². The Labute approximate surface area is 123 Å². The van der Waals surface area contributed by atoms with E-state index in [4.69, 9.17) is 39.2 Å². The SMILES string of the molecule is Clc1ccc(CC(Br)c2ccoc2Cl)cc1Cl. The monoisotopic (exact) mass is 352 g/mol. The van der Waals surface area contributed by atoms with Crippen molar-refractivity contribution in [2.75, 3.05) is 0 Å². The van der Waals surface area contributed by atoms with E-state index >= 15 is 0 Å². The molecule has 0 aliphatic heterocycles.